The van der Waals surface area contributed by atoms with Gasteiger partial charge in [0, 0.05) is 6.20 Å². The Morgan fingerprint density at radius 1 is 1.38 bits per heavy atom. The van der Waals surface area contributed by atoms with E-state index in [9.17, 15) is 4.79 Å². The fourth-order valence-corrected chi connectivity index (χ4v) is 1.97. The molecule has 0 aliphatic heterocycles. The molecule has 0 aromatic carbocycles. The molecule has 0 saturated carbocycles. The van der Waals surface area contributed by atoms with Crippen LogP contribution in [0.1, 0.15) is 10.4 Å². The smallest absolute Gasteiger partial charge is 0.263 e. The van der Waals surface area contributed by atoms with Gasteiger partial charge in [-0.2, -0.15) is 9.97 Å². The van der Waals surface area contributed by atoms with Crippen molar-refractivity contribution in [2.75, 3.05) is 12.4 Å². The van der Waals surface area contributed by atoms with Crippen molar-refractivity contribution in [1.29, 1.82) is 0 Å². The number of methoxy groups -OCH3 is 1. The maximum absolute atomic E-state index is 12.2. The Kier molecular flexibility index (Phi) is 3.36. The number of aromatic nitrogens is 5. The van der Waals surface area contributed by atoms with Crippen LogP contribution >= 0.6 is 11.6 Å². The highest BCUT2D eigenvalue weighted by molar-refractivity contribution is 6.33. The summed E-state index contributed by atoms with van der Waals surface area (Å²) >= 11 is 5.98. The summed E-state index contributed by atoms with van der Waals surface area (Å²) < 4.78 is 5.03. The van der Waals surface area contributed by atoms with E-state index in [-0.39, 0.29) is 22.5 Å². The van der Waals surface area contributed by atoms with Crippen molar-refractivity contribution in [2.45, 2.75) is 0 Å². The summed E-state index contributed by atoms with van der Waals surface area (Å²) in [6.07, 6.45) is 2.97. The van der Waals surface area contributed by atoms with Crippen LogP contribution in [0.25, 0.3) is 11.2 Å². The van der Waals surface area contributed by atoms with E-state index in [4.69, 9.17) is 16.3 Å². The minimum Gasteiger partial charge on any atom is -0.480 e. The minimum atomic E-state index is -0.453. The largest absolute Gasteiger partial charge is 0.480 e. The standard InChI is InChI=1S/C12H9ClN6O2/c1-21-11-6(3-2-4-14-11)10(20)19-12-17-8(13)7-9(18-12)16-5-15-7/h2-5H,1H3,(H2,15,16,17,18,19,20). The van der Waals surface area contributed by atoms with Gasteiger partial charge < -0.3 is 9.72 Å². The number of nitrogens with one attached hydrogen (secondary N) is 2. The first-order valence-electron chi connectivity index (χ1n) is 5.86. The number of aromatic amines is 1. The van der Waals surface area contributed by atoms with Crippen molar-refractivity contribution in [2.24, 2.45) is 0 Å². The summed E-state index contributed by atoms with van der Waals surface area (Å²) in [7, 11) is 1.43. The number of nitrogens with zero attached hydrogens (tertiary/aromatic N) is 4. The number of ether oxygens (including phenoxy) is 1. The molecule has 2 N–H and O–H groups in total. The molecule has 0 radical (unpaired) electrons. The Bertz CT molecular complexity index is 818. The topological polar surface area (TPSA) is 106 Å². The molecule has 0 atom stereocenters. The first kappa shape index (κ1) is 13.3. The zero-order valence-electron chi connectivity index (χ0n) is 10.8. The Hall–Kier alpha value is -2.74. The molecule has 106 valence electrons. The second-order valence-electron chi connectivity index (χ2n) is 3.95. The van der Waals surface area contributed by atoms with Crippen molar-refractivity contribution in [3.05, 3.63) is 35.4 Å². The molecule has 3 aromatic rings. The van der Waals surface area contributed by atoms with Crippen LogP contribution in [0.3, 0.4) is 0 Å². The van der Waals surface area contributed by atoms with Gasteiger partial charge in [0.05, 0.1) is 13.4 Å². The lowest BCUT2D eigenvalue weighted by molar-refractivity contribution is 0.102. The van der Waals surface area contributed by atoms with Gasteiger partial charge in [-0.3, -0.25) is 10.1 Å². The summed E-state index contributed by atoms with van der Waals surface area (Å²) in [6, 6.07) is 3.21. The highest BCUT2D eigenvalue weighted by atomic mass is 35.5. The zero-order chi connectivity index (χ0) is 14.8. The van der Waals surface area contributed by atoms with Crippen molar-refractivity contribution in [1.82, 2.24) is 24.9 Å². The number of hydrogen-bond acceptors (Lipinski definition) is 6. The molecule has 9 heteroatoms. The van der Waals surface area contributed by atoms with E-state index in [1.165, 1.54) is 19.6 Å². The zero-order valence-corrected chi connectivity index (χ0v) is 11.5. The maximum Gasteiger partial charge on any atom is 0.263 e. The molecule has 1 amide bonds. The van der Waals surface area contributed by atoms with Gasteiger partial charge in [0.2, 0.25) is 11.8 Å². The summed E-state index contributed by atoms with van der Waals surface area (Å²) in [5.41, 5.74) is 1.14. The molecule has 0 unspecified atom stereocenters. The van der Waals surface area contributed by atoms with E-state index in [0.717, 1.165) is 0 Å². The average molecular weight is 305 g/mol. The van der Waals surface area contributed by atoms with Gasteiger partial charge in [-0.05, 0) is 12.1 Å². The molecule has 3 rings (SSSR count). The van der Waals surface area contributed by atoms with Gasteiger partial charge in [0.25, 0.3) is 5.91 Å². The number of halogens is 1. The normalized spacial score (nSPS) is 10.6. The van der Waals surface area contributed by atoms with E-state index in [1.807, 2.05) is 0 Å². The van der Waals surface area contributed by atoms with Crippen LogP contribution in [-0.4, -0.2) is 37.9 Å². The number of carbonyl (C=O) groups excluding carboxylic acids is 1. The van der Waals surface area contributed by atoms with Crippen molar-refractivity contribution < 1.29 is 9.53 Å². The molecule has 0 saturated heterocycles. The van der Waals surface area contributed by atoms with Crippen molar-refractivity contribution in [3.63, 3.8) is 0 Å². The average Bonchev–Trinajstić information content (AvgIpc) is 2.96. The maximum atomic E-state index is 12.2. The predicted molar refractivity (Wildman–Crippen MR) is 75.4 cm³/mol. The van der Waals surface area contributed by atoms with Crippen LogP contribution < -0.4 is 10.1 Å². The van der Waals surface area contributed by atoms with E-state index in [1.54, 1.807) is 12.1 Å². The van der Waals surface area contributed by atoms with Crippen molar-refractivity contribution in [3.8, 4) is 5.88 Å². The second kappa shape index (κ2) is 5.33. The van der Waals surface area contributed by atoms with E-state index in [2.05, 4.69) is 30.2 Å². The van der Waals surface area contributed by atoms with Crippen molar-refractivity contribution >= 4 is 34.6 Å². The highest BCUT2D eigenvalue weighted by Crippen LogP contribution is 2.19. The first-order valence-corrected chi connectivity index (χ1v) is 6.24. The van der Waals surface area contributed by atoms with Gasteiger partial charge >= 0.3 is 0 Å². The van der Waals surface area contributed by atoms with Crippen LogP contribution in [0, 0.1) is 0 Å². The van der Waals surface area contributed by atoms with Crippen LogP contribution in [0.15, 0.2) is 24.7 Å². The molecule has 0 spiro atoms. The highest BCUT2D eigenvalue weighted by Gasteiger charge is 2.15. The molecule has 0 aliphatic rings. The van der Waals surface area contributed by atoms with E-state index < -0.39 is 5.91 Å². The lowest BCUT2D eigenvalue weighted by Crippen LogP contribution is -2.15. The minimum absolute atomic E-state index is 0.0514. The summed E-state index contributed by atoms with van der Waals surface area (Å²) in [5, 5.41) is 2.71. The number of hydrogen-bond donors (Lipinski definition) is 2. The molecular weight excluding hydrogens is 296 g/mol. The third kappa shape index (κ3) is 2.48. The number of carbonyl (C=O) groups is 1. The van der Waals surface area contributed by atoms with Crippen LogP contribution in [-0.2, 0) is 0 Å². The molecule has 21 heavy (non-hydrogen) atoms. The number of pyridine rings is 1. The van der Waals surface area contributed by atoms with Crippen LogP contribution in [0.4, 0.5) is 5.95 Å². The molecule has 0 fully saturated rings. The molecule has 0 bridgehead atoms. The Balaban J connectivity index is 1.92. The monoisotopic (exact) mass is 304 g/mol. The molecule has 0 aliphatic carbocycles. The quantitative estimate of drug-likeness (QED) is 0.713. The lowest BCUT2D eigenvalue weighted by Gasteiger charge is -2.07. The molecule has 3 heterocycles. The fraction of sp³-hybridized carbons (Fsp3) is 0.0833. The number of anilines is 1. The summed E-state index contributed by atoms with van der Waals surface area (Å²) in [4.78, 5) is 31.0. The molecular formula is C12H9ClN6O2. The number of fused-ring (bicyclic) bond motifs is 1. The molecule has 3 aromatic heterocycles. The Morgan fingerprint density at radius 3 is 3.05 bits per heavy atom. The number of imidazole rings is 1. The predicted octanol–water partition coefficient (Wildman–Crippen LogP) is 1.66. The second-order valence-corrected chi connectivity index (χ2v) is 4.31. The van der Waals surface area contributed by atoms with Gasteiger partial charge in [-0.25, -0.2) is 9.97 Å². The number of H-pyrrole nitrogens is 1. The third-order valence-corrected chi connectivity index (χ3v) is 2.95. The summed E-state index contributed by atoms with van der Waals surface area (Å²) in [6.45, 7) is 0. The first-order chi connectivity index (χ1) is 10.2. The van der Waals surface area contributed by atoms with Crippen LogP contribution in [0.5, 0.6) is 5.88 Å². The SMILES string of the molecule is COc1ncccc1C(=O)Nc1nc(Cl)c2[nH]cnc2n1. The van der Waals surface area contributed by atoms with Gasteiger partial charge in [-0.15, -0.1) is 0 Å². The van der Waals surface area contributed by atoms with E-state index in [0.29, 0.717) is 11.2 Å². The van der Waals surface area contributed by atoms with Gasteiger partial charge in [-0.1, -0.05) is 11.6 Å². The Labute approximate surface area is 123 Å². The van der Waals surface area contributed by atoms with Crippen LogP contribution in [0.2, 0.25) is 5.15 Å². The summed E-state index contributed by atoms with van der Waals surface area (Å²) in [5.74, 6) is -0.191. The Morgan fingerprint density at radius 2 is 2.24 bits per heavy atom. The van der Waals surface area contributed by atoms with E-state index >= 15 is 0 Å². The number of rotatable bonds is 3. The fourth-order valence-electron chi connectivity index (χ4n) is 1.75. The third-order valence-electron chi connectivity index (χ3n) is 2.68. The number of amides is 1. The lowest BCUT2D eigenvalue weighted by atomic mass is 10.2. The van der Waals surface area contributed by atoms with Gasteiger partial charge in [0.1, 0.15) is 11.1 Å². The molecule has 8 nitrogen and oxygen atoms in total. The van der Waals surface area contributed by atoms with Gasteiger partial charge in [0.15, 0.2) is 10.8 Å².